The van der Waals surface area contributed by atoms with Crippen LogP contribution in [0.2, 0.25) is 0 Å². The fourth-order valence-corrected chi connectivity index (χ4v) is 2.22. The van der Waals surface area contributed by atoms with Gasteiger partial charge in [-0.25, -0.2) is 0 Å². The van der Waals surface area contributed by atoms with Crippen LogP contribution in [0.3, 0.4) is 0 Å². The highest BCUT2D eigenvalue weighted by atomic mass is 16.4. The maximum Gasteiger partial charge on any atom is 0.317 e. The minimum Gasteiger partial charge on any atom is -0.406 e. The van der Waals surface area contributed by atoms with Crippen LogP contribution in [0.15, 0.2) is 4.42 Å². The number of aromatic nitrogens is 2. The van der Waals surface area contributed by atoms with E-state index >= 15 is 0 Å². The largest absolute Gasteiger partial charge is 0.406 e. The standard InChI is InChI=1S/C11H20N4O/c1-8(12)10-13-14-11(16-10)15(2)7-9-5-3-4-6-9/h8-9H,3-7,12H2,1-2H3. The summed E-state index contributed by atoms with van der Waals surface area (Å²) in [6.07, 6.45) is 5.35. The summed E-state index contributed by atoms with van der Waals surface area (Å²) in [5, 5.41) is 7.94. The molecular weight excluding hydrogens is 204 g/mol. The van der Waals surface area contributed by atoms with Gasteiger partial charge < -0.3 is 15.1 Å². The highest BCUT2D eigenvalue weighted by Gasteiger charge is 2.20. The molecule has 0 amide bonds. The molecule has 0 spiro atoms. The minimum absolute atomic E-state index is 0.193. The van der Waals surface area contributed by atoms with E-state index in [0.29, 0.717) is 11.9 Å². The Morgan fingerprint density at radius 2 is 2.12 bits per heavy atom. The molecule has 1 saturated carbocycles. The number of hydrogen-bond acceptors (Lipinski definition) is 5. The first-order valence-corrected chi connectivity index (χ1v) is 5.97. The van der Waals surface area contributed by atoms with E-state index in [0.717, 1.165) is 12.5 Å². The average Bonchev–Trinajstić information content (AvgIpc) is 2.86. The molecule has 1 heterocycles. The molecule has 0 radical (unpaired) electrons. The molecule has 1 fully saturated rings. The van der Waals surface area contributed by atoms with E-state index in [4.69, 9.17) is 10.2 Å². The summed E-state index contributed by atoms with van der Waals surface area (Å²) in [6.45, 7) is 2.84. The molecule has 1 aliphatic rings. The van der Waals surface area contributed by atoms with Crippen molar-refractivity contribution < 1.29 is 4.42 Å². The van der Waals surface area contributed by atoms with Crippen molar-refractivity contribution in [3.8, 4) is 0 Å². The molecule has 5 heteroatoms. The maximum absolute atomic E-state index is 5.68. The Morgan fingerprint density at radius 1 is 1.44 bits per heavy atom. The zero-order chi connectivity index (χ0) is 11.5. The maximum atomic E-state index is 5.68. The van der Waals surface area contributed by atoms with Crippen LogP contribution in [0.4, 0.5) is 6.01 Å². The van der Waals surface area contributed by atoms with Crippen molar-refractivity contribution in [2.75, 3.05) is 18.5 Å². The number of nitrogens with two attached hydrogens (primary N) is 1. The Hall–Kier alpha value is -1.10. The number of rotatable bonds is 4. The highest BCUT2D eigenvalue weighted by Crippen LogP contribution is 2.26. The Morgan fingerprint density at radius 3 is 2.69 bits per heavy atom. The summed E-state index contributed by atoms with van der Waals surface area (Å²) in [5.41, 5.74) is 5.68. The fraction of sp³-hybridized carbons (Fsp3) is 0.818. The van der Waals surface area contributed by atoms with Gasteiger partial charge >= 0.3 is 6.01 Å². The van der Waals surface area contributed by atoms with Crippen LogP contribution in [0.5, 0.6) is 0 Å². The van der Waals surface area contributed by atoms with Crippen LogP contribution in [0.25, 0.3) is 0 Å². The molecule has 1 aliphatic carbocycles. The second kappa shape index (κ2) is 4.82. The van der Waals surface area contributed by atoms with Crippen LogP contribution >= 0.6 is 0 Å². The molecule has 1 unspecified atom stereocenters. The van der Waals surface area contributed by atoms with Gasteiger partial charge in [0.15, 0.2) is 0 Å². The van der Waals surface area contributed by atoms with E-state index in [9.17, 15) is 0 Å². The third kappa shape index (κ3) is 2.52. The van der Waals surface area contributed by atoms with Gasteiger partial charge in [0.1, 0.15) is 0 Å². The summed E-state index contributed by atoms with van der Waals surface area (Å²) >= 11 is 0. The molecule has 90 valence electrons. The fourth-order valence-electron chi connectivity index (χ4n) is 2.22. The van der Waals surface area contributed by atoms with E-state index in [1.165, 1.54) is 25.7 Å². The van der Waals surface area contributed by atoms with Gasteiger partial charge in [-0.1, -0.05) is 17.9 Å². The summed E-state index contributed by atoms with van der Waals surface area (Å²) in [5.74, 6) is 1.28. The number of anilines is 1. The summed E-state index contributed by atoms with van der Waals surface area (Å²) in [6, 6.07) is 0.389. The smallest absolute Gasteiger partial charge is 0.317 e. The van der Waals surface area contributed by atoms with Gasteiger partial charge in [-0.15, -0.1) is 5.10 Å². The lowest BCUT2D eigenvalue weighted by atomic mass is 10.1. The summed E-state index contributed by atoms with van der Waals surface area (Å²) in [4.78, 5) is 2.04. The zero-order valence-electron chi connectivity index (χ0n) is 10.0. The second-order valence-electron chi connectivity index (χ2n) is 4.74. The lowest BCUT2D eigenvalue weighted by Gasteiger charge is -2.18. The van der Waals surface area contributed by atoms with E-state index in [-0.39, 0.29) is 6.04 Å². The lowest BCUT2D eigenvalue weighted by Crippen LogP contribution is -2.24. The van der Waals surface area contributed by atoms with Crippen LogP contribution < -0.4 is 10.6 Å². The zero-order valence-corrected chi connectivity index (χ0v) is 10.0. The topological polar surface area (TPSA) is 68.2 Å². The normalized spacial score (nSPS) is 18.9. The van der Waals surface area contributed by atoms with Gasteiger partial charge in [-0.05, 0) is 25.7 Å². The average molecular weight is 224 g/mol. The third-order valence-electron chi connectivity index (χ3n) is 3.15. The van der Waals surface area contributed by atoms with E-state index < -0.39 is 0 Å². The molecule has 1 atom stereocenters. The molecular formula is C11H20N4O. The monoisotopic (exact) mass is 224 g/mol. The summed E-state index contributed by atoms with van der Waals surface area (Å²) in [7, 11) is 2.00. The van der Waals surface area contributed by atoms with Gasteiger partial charge in [0, 0.05) is 13.6 Å². The van der Waals surface area contributed by atoms with Crippen molar-refractivity contribution in [3.63, 3.8) is 0 Å². The van der Waals surface area contributed by atoms with Gasteiger partial charge in [-0.2, -0.15) is 0 Å². The predicted octanol–water partition coefficient (Wildman–Crippen LogP) is 1.72. The van der Waals surface area contributed by atoms with Gasteiger partial charge in [0.05, 0.1) is 6.04 Å². The number of nitrogens with zero attached hydrogens (tertiary/aromatic N) is 3. The highest BCUT2D eigenvalue weighted by molar-refractivity contribution is 5.22. The van der Waals surface area contributed by atoms with Crippen molar-refractivity contribution in [3.05, 3.63) is 5.89 Å². The molecule has 2 N–H and O–H groups in total. The summed E-state index contributed by atoms with van der Waals surface area (Å²) < 4.78 is 5.50. The Kier molecular flexibility index (Phi) is 3.43. The molecule has 0 aromatic carbocycles. The molecule has 0 aliphatic heterocycles. The molecule has 2 rings (SSSR count). The molecule has 0 bridgehead atoms. The van der Waals surface area contributed by atoms with Crippen molar-refractivity contribution in [2.45, 2.75) is 38.6 Å². The van der Waals surface area contributed by atoms with Gasteiger partial charge in [0.2, 0.25) is 5.89 Å². The van der Waals surface area contributed by atoms with E-state index in [1.54, 1.807) is 0 Å². The molecule has 5 nitrogen and oxygen atoms in total. The first kappa shape index (κ1) is 11.4. The van der Waals surface area contributed by atoms with Crippen molar-refractivity contribution in [1.29, 1.82) is 0 Å². The first-order valence-electron chi connectivity index (χ1n) is 5.97. The molecule has 1 aromatic rings. The quantitative estimate of drug-likeness (QED) is 0.843. The molecule has 1 aromatic heterocycles. The van der Waals surface area contributed by atoms with Crippen LogP contribution in [0.1, 0.15) is 44.5 Å². The molecule has 16 heavy (non-hydrogen) atoms. The Labute approximate surface area is 96.0 Å². The minimum atomic E-state index is -0.193. The van der Waals surface area contributed by atoms with Crippen LogP contribution in [-0.2, 0) is 0 Å². The van der Waals surface area contributed by atoms with Crippen LogP contribution in [-0.4, -0.2) is 23.8 Å². The third-order valence-corrected chi connectivity index (χ3v) is 3.15. The lowest BCUT2D eigenvalue weighted by molar-refractivity contribution is 0.447. The van der Waals surface area contributed by atoms with Crippen molar-refractivity contribution in [1.82, 2.24) is 10.2 Å². The molecule has 0 saturated heterocycles. The predicted molar refractivity (Wildman–Crippen MR) is 62.1 cm³/mol. The van der Waals surface area contributed by atoms with E-state index in [2.05, 4.69) is 10.2 Å². The Balaban J connectivity index is 1.94. The Bertz CT molecular complexity index is 330. The first-order chi connectivity index (χ1) is 7.66. The second-order valence-corrected chi connectivity index (χ2v) is 4.74. The van der Waals surface area contributed by atoms with Gasteiger partial charge in [0.25, 0.3) is 0 Å². The van der Waals surface area contributed by atoms with Crippen molar-refractivity contribution >= 4 is 6.01 Å². The van der Waals surface area contributed by atoms with Crippen LogP contribution in [0, 0.1) is 5.92 Å². The van der Waals surface area contributed by atoms with Gasteiger partial charge in [-0.3, -0.25) is 0 Å². The number of hydrogen-bond donors (Lipinski definition) is 1. The van der Waals surface area contributed by atoms with Crippen molar-refractivity contribution in [2.24, 2.45) is 11.7 Å². The SMILES string of the molecule is CC(N)c1nnc(N(C)CC2CCCC2)o1. The van der Waals surface area contributed by atoms with E-state index in [1.807, 2.05) is 18.9 Å².